The van der Waals surface area contributed by atoms with Gasteiger partial charge in [0.05, 0.1) is 12.1 Å². The summed E-state index contributed by atoms with van der Waals surface area (Å²) in [6, 6.07) is 7.30. The van der Waals surface area contributed by atoms with E-state index in [1.165, 1.54) is 11.8 Å². The molecule has 2 heterocycles. The SMILES string of the molecule is CSc1cc(Oc2ccnc3c2CC(=O)C(C)=N3)ccc1CC(=O)OC(C)(C)C. The number of nitrogens with zero attached hydrogens (tertiary/aromatic N) is 2. The highest BCUT2D eigenvalue weighted by Gasteiger charge is 2.22. The van der Waals surface area contributed by atoms with E-state index in [0.717, 1.165) is 10.5 Å². The normalized spacial score (nSPS) is 13.6. The lowest BCUT2D eigenvalue weighted by atomic mass is 10.0. The van der Waals surface area contributed by atoms with E-state index in [2.05, 4.69) is 9.98 Å². The number of aliphatic imine (C=N–C) groups is 1. The molecule has 0 unspecified atom stereocenters. The van der Waals surface area contributed by atoms with Gasteiger partial charge in [0.1, 0.15) is 17.1 Å². The van der Waals surface area contributed by atoms with Crippen molar-refractivity contribution in [2.75, 3.05) is 6.26 Å². The molecule has 1 aliphatic rings. The van der Waals surface area contributed by atoms with Crippen LogP contribution in [0, 0.1) is 0 Å². The number of aromatic nitrogens is 1. The second kappa shape index (κ2) is 8.37. The minimum atomic E-state index is -0.516. The number of fused-ring (bicyclic) bond motifs is 1. The van der Waals surface area contributed by atoms with Crippen LogP contribution in [0.15, 0.2) is 40.4 Å². The molecule has 1 aromatic carbocycles. The fourth-order valence-electron chi connectivity index (χ4n) is 2.93. The number of ketones is 1. The topological polar surface area (TPSA) is 77.9 Å². The van der Waals surface area contributed by atoms with Gasteiger partial charge in [-0.25, -0.2) is 9.98 Å². The van der Waals surface area contributed by atoms with Crippen LogP contribution in [0.5, 0.6) is 11.5 Å². The number of ether oxygens (including phenoxy) is 2. The summed E-state index contributed by atoms with van der Waals surface area (Å²) >= 11 is 1.53. The Morgan fingerprint density at radius 1 is 1.24 bits per heavy atom. The molecule has 0 spiro atoms. The lowest BCUT2D eigenvalue weighted by Crippen LogP contribution is -2.25. The second-order valence-corrected chi connectivity index (χ2v) is 8.60. The summed E-state index contributed by atoms with van der Waals surface area (Å²) in [6.07, 6.45) is 3.98. The molecule has 3 rings (SSSR count). The molecule has 0 aliphatic carbocycles. The van der Waals surface area contributed by atoms with Gasteiger partial charge in [-0.05, 0) is 57.7 Å². The van der Waals surface area contributed by atoms with Crippen molar-refractivity contribution in [3.05, 3.63) is 41.6 Å². The highest BCUT2D eigenvalue weighted by molar-refractivity contribution is 7.98. The maximum Gasteiger partial charge on any atom is 0.310 e. The largest absolute Gasteiger partial charge is 0.460 e. The first-order valence-electron chi connectivity index (χ1n) is 9.29. The van der Waals surface area contributed by atoms with Crippen LogP contribution in [0.1, 0.15) is 38.8 Å². The number of hydrogen-bond acceptors (Lipinski definition) is 7. The summed E-state index contributed by atoms with van der Waals surface area (Å²) in [4.78, 5) is 33.7. The summed E-state index contributed by atoms with van der Waals surface area (Å²) in [5, 5.41) is 0. The third kappa shape index (κ3) is 5.23. The first-order valence-corrected chi connectivity index (χ1v) is 10.5. The average Bonchev–Trinajstić information content (AvgIpc) is 2.63. The highest BCUT2D eigenvalue weighted by atomic mass is 32.2. The number of Topliss-reactive ketones (excluding diaryl/α,β-unsaturated/α-hetero) is 1. The molecule has 0 saturated heterocycles. The molecule has 0 saturated carbocycles. The minimum Gasteiger partial charge on any atom is -0.460 e. The Labute approximate surface area is 174 Å². The number of pyridine rings is 1. The standard InChI is InChI=1S/C22H24N2O4S/c1-13-17(25)12-16-18(8-9-23-21(16)24-13)27-15-7-6-14(19(11-15)29-5)10-20(26)28-22(2,3)4/h6-9,11H,10,12H2,1-5H3. The molecular formula is C22H24N2O4S. The van der Waals surface area contributed by atoms with Gasteiger partial charge in [0.15, 0.2) is 11.6 Å². The van der Waals surface area contributed by atoms with Crippen molar-refractivity contribution in [3.63, 3.8) is 0 Å². The van der Waals surface area contributed by atoms with Gasteiger partial charge in [-0.3, -0.25) is 9.59 Å². The molecule has 2 aromatic rings. The first kappa shape index (κ1) is 21.0. The Balaban J connectivity index is 1.83. The predicted octanol–water partition coefficient (Wildman–Crippen LogP) is 4.70. The van der Waals surface area contributed by atoms with Gasteiger partial charge >= 0.3 is 5.97 Å². The zero-order valence-electron chi connectivity index (χ0n) is 17.2. The van der Waals surface area contributed by atoms with Gasteiger partial charge in [0.25, 0.3) is 0 Å². The van der Waals surface area contributed by atoms with E-state index in [-0.39, 0.29) is 24.6 Å². The first-order chi connectivity index (χ1) is 13.7. The van der Waals surface area contributed by atoms with Crippen LogP contribution in [0.2, 0.25) is 0 Å². The summed E-state index contributed by atoms with van der Waals surface area (Å²) in [6.45, 7) is 7.24. The van der Waals surface area contributed by atoms with E-state index in [4.69, 9.17) is 9.47 Å². The van der Waals surface area contributed by atoms with Crippen LogP contribution in [0.25, 0.3) is 0 Å². The number of carbonyl (C=O) groups excluding carboxylic acids is 2. The van der Waals surface area contributed by atoms with Gasteiger partial charge in [0.2, 0.25) is 0 Å². The van der Waals surface area contributed by atoms with E-state index in [1.807, 2.05) is 45.2 Å². The van der Waals surface area contributed by atoms with E-state index in [1.54, 1.807) is 19.2 Å². The number of benzene rings is 1. The summed E-state index contributed by atoms with van der Waals surface area (Å²) in [5.41, 5.74) is 1.51. The van der Waals surface area contributed by atoms with E-state index < -0.39 is 5.60 Å². The van der Waals surface area contributed by atoms with Gasteiger partial charge < -0.3 is 9.47 Å². The van der Waals surface area contributed by atoms with Gasteiger partial charge in [-0.2, -0.15) is 0 Å². The average molecular weight is 413 g/mol. The van der Waals surface area contributed by atoms with Crippen LogP contribution in [-0.2, 0) is 27.2 Å². The molecule has 0 fully saturated rings. The Bertz CT molecular complexity index is 993. The maximum atomic E-state index is 12.2. The molecule has 152 valence electrons. The summed E-state index contributed by atoms with van der Waals surface area (Å²) in [7, 11) is 0. The summed E-state index contributed by atoms with van der Waals surface area (Å²) < 4.78 is 11.5. The zero-order valence-corrected chi connectivity index (χ0v) is 18.1. The van der Waals surface area contributed by atoms with Crippen molar-refractivity contribution < 1.29 is 19.1 Å². The number of esters is 1. The van der Waals surface area contributed by atoms with Crippen LogP contribution in [0.3, 0.4) is 0 Å². The Morgan fingerprint density at radius 3 is 2.69 bits per heavy atom. The Morgan fingerprint density at radius 2 is 2.00 bits per heavy atom. The van der Waals surface area contributed by atoms with Crippen LogP contribution in [0.4, 0.5) is 5.82 Å². The van der Waals surface area contributed by atoms with Crippen molar-refractivity contribution >= 4 is 35.0 Å². The molecule has 6 nitrogen and oxygen atoms in total. The molecule has 0 bridgehead atoms. The van der Waals surface area contributed by atoms with E-state index >= 15 is 0 Å². The molecule has 0 atom stereocenters. The van der Waals surface area contributed by atoms with Crippen molar-refractivity contribution in [2.45, 2.75) is 51.0 Å². The number of thioether (sulfide) groups is 1. The molecular weight excluding hydrogens is 388 g/mol. The second-order valence-electron chi connectivity index (χ2n) is 7.75. The molecule has 0 amide bonds. The molecule has 7 heteroatoms. The van der Waals surface area contributed by atoms with Crippen molar-refractivity contribution in [2.24, 2.45) is 4.99 Å². The number of carbonyl (C=O) groups is 2. The van der Waals surface area contributed by atoms with Crippen LogP contribution < -0.4 is 4.74 Å². The van der Waals surface area contributed by atoms with Crippen molar-refractivity contribution in [1.82, 2.24) is 4.98 Å². The fourth-order valence-corrected chi connectivity index (χ4v) is 3.56. The Kier molecular flexibility index (Phi) is 6.07. The number of hydrogen-bond donors (Lipinski definition) is 0. The molecule has 0 radical (unpaired) electrons. The monoisotopic (exact) mass is 412 g/mol. The van der Waals surface area contributed by atoms with E-state index in [9.17, 15) is 9.59 Å². The third-order valence-corrected chi connectivity index (χ3v) is 5.07. The zero-order chi connectivity index (χ0) is 21.2. The van der Waals surface area contributed by atoms with Gasteiger partial charge in [0, 0.05) is 23.1 Å². The lowest BCUT2D eigenvalue weighted by Gasteiger charge is -2.20. The minimum absolute atomic E-state index is 0.0344. The van der Waals surface area contributed by atoms with E-state index in [0.29, 0.717) is 28.6 Å². The fraction of sp³-hybridized carbons (Fsp3) is 0.364. The molecule has 1 aromatic heterocycles. The van der Waals surface area contributed by atoms with Crippen LogP contribution in [-0.4, -0.2) is 34.3 Å². The third-order valence-electron chi connectivity index (χ3n) is 4.25. The predicted molar refractivity (Wildman–Crippen MR) is 114 cm³/mol. The Hall–Kier alpha value is -2.67. The highest BCUT2D eigenvalue weighted by Crippen LogP contribution is 2.35. The van der Waals surface area contributed by atoms with Gasteiger partial charge in [-0.15, -0.1) is 11.8 Å². The summed E-state index contributed by atoms with van der Waals surface area (Å²) in [5.74, 6) is 1.40. The van der Waals surface area contributed by atoms with Crippen LogP contribution >= 0.6 is 11.8 Å². The molecule has 29 heavy (non-hydrogen) atoms. The smallest absolute Gasteiger partial charge is 0.310 e. The molecule has 1 aliphatic heterocycles. The molecule has 0 N–H and O–H groups in total. The van der Waals surface area contributed by atoms with Gasteiger partial charge in [-0.1, -0.05) is 6.07 Å². The number of rotatable bonds is 5. The van der Waals surface area contributed by atoms with Crippen molar-refractivity contribution in [1.29, 1.82) is 0 Å². The maximum absolute atomic E-state index is 12.2. The quantitative estimate of drug-likeness (QED) is 0.523. The lowest BCUT2D eigenvalue weighted by molar-refractivity contribution is -0.153. The van der Waals surface area contributed by atoms with Crippen molar-refractivity contribution in [3.8, 4) is 11.5 Å².